The number of urea groups is 1. The third-order valence-corrected chi connectivity index (χ3v) is 2.64. The average Bonchev–Trinajstić information content (AvgIpc) is 2.73. The Morgan fingerprint density at radius 1 is 1.37 bits per heavy atom. The van der Waals surface area contributed by atoms with Crippen LogP contribution >= 0.6 is 0 Å². The summed E-state index contributed by atoms with van der Waals surface area (Å²) in [5, 5.41) is 10.0. The highest BCUT2D eigenvalue weighted by Crippen LogP contribution is 2.12. The van der Waals surface area contributed by atoms with Gasteiger partial charge in [0.25, 0.3) is 0 Å². The Labute approximate surface area is 109 Å². The molecule has 0 spiro atoms. The molecule has 1 aliphatic heterocycles. The van der Waals surface area contributed by atoms with Gasteiger partial charge in [-0.15, -0.1) is 12.3 Å². The van der Waals surface area contributed by atoms with Gasteiger partial charge in [-0.1, -0.05) is 0 Å². The van der Waals surface area contributed by atoms with E-state index in [2.05, 4.69) is 15.9 Å². The summed E-state index contributed by atoms with van der Waals surface area (Å²) in [6.07, 6.45) is 5.14. The second kappa shape index (κ2) is 5.31. The molecule has 3 amide bonds. The lowest BCUT2D eigenvalue weighted by Gasteiger charge is -2.18. The lowest BCUT2D eigenvalue weighted by atomic mass is 10.2. The van der Waals surface area contributed by atoms with Gasteiger partial charge in [0.1, 0.15) is 0 Å². The number of benzene rings is 1. The Hall–Kier alpha value is -2.68. The largest absolute Gasteiger partial charge is 0.465 e. The van der Waals surface area contributed by atoms with E-state index in [9.17, 15) is 14.7 Å². The van der Waals surface area contributed by atoms with Gasteiger partial charge in [-0.05, 0) is 24.6 Å². The minimum Gasteiger partial charge on any atom is -0.465 e. The molecule has 19 heavy (non-hydrogen) atoms. The molecule has 96 valence electrons. The highest BCUT2D eigenvalue weighted by Gasteiger charge is 2.15. The Morgan fingerprint density at radius 2 is 2.11 bits per heavy atom. The van der Waals surface area contributed by atoms with E-state index in [1.165, 1.54) is 11.0 Å². The molecule has 1 heterocycles. The van der Waals surface area contributed by atoms with Crippen molar-refractivity contribution in [2.24, 2.45) is 9.98 Å². The zero-order valence-corrected chi connectivity index (χ0v) is 10.0. The van der Waals surface area contributed by atoms with Crippen LogP contribution in [0.3, 0.4) is 0 Å². The van der Waals surface area contributed by atoms with Crippen molar-refractivity contribution in [1.29, 1.82) is 0 Å². The smallest absolute Gasteiger partial charge is 0.411 e. The van der Waals surface area contributed by atoms with E-state index < -0.39 is 12.1 Å². The predicted molar refractivity (Wildman–Crippen MR) is 67.6 cm³/mol. The molecule has 0 bridgehead atoms. The normalized spacial score (nSPS) is 12.1. The number of hydrogen-bond donors (Lipinski definition) is 1. The monoisotopic (exact) mass is 257 g/mol. The van der Waals surface area contributed by atoms with Gasteiger partial charge in [-0.3, -0.25) is 4.90 Å². The summed E-state index contributed by atoms with van der Waals surface area (Å²) in [7, 11) is 0. The van der Waals surface area contributed by atoms with Gasteiger partial charge >= 0.3 is 12.1 Å². The summed E-state index contributed by atoms with van der Waals surface area (Å²) >= 11 is 0. The second-order valence-corrected chi connectivity index (χ2v) is 3.92. The minimum absolute atomic E-state index is 0.295. The predicted octanol–water partition coefficient (Wildman–Crippen LogP) is 0.957. The first-order valence-corrected chi connectivity index (χ1v) is 5.67. The Balaban J connectivity index is 2.30. The molecule has 1 aliphatic rings. The van der Waals surface area contributed by atoms with Crippen molar-refractivity contribution in [1.82, 2.24) is 0 Å². The van der Waals surface area contributed by atoms with Crippen molar-refractivity contribution in [3.8, 4) is 12.3 Å². The van der Waals surface area contributed by atoms with Crippen LogP contribution in [0.2, 0.25) is 0 Å². The fourth-order valence-corrected chi connectivity index (χ4v) is 1.77. The number of carbonyl (C=O) groups is 2. The Morgan fingerprint density at radius 3 is 2.79 bits per heavy atom. The Bertz CT molecular complexity index is 688. The molecule has 0 aromatic heterocycles. The zero-order valence-electron chi connectivity index (χ0n) is 10.0. The zero-order chi connectivity index (χ0) is 13.8. The van der Waals surface area contributed by atoms with E-state index in [-0.39, 0.29) is 0 Å². The van der Waals surface area contributed by atoms with Gasteiger partial charge in [-0.25, -0.2) is 9.59 Å². The number of carboxylic acid groups (broad SMARTS) is 1. The average molecular weight is 257 g/mol. The molecule has 0 atom stereocenters. The maximum absolute atomic E-state index is 11.2. The maximum Gasteiger partial charge on any atom is 0.411 e. The van der Waals surface area contributed by atoms with Crippen LogP contribution in [0.4, 0.5) is 15.3 Å². The maximum atomic E-state index is 11.2. The Kier molecular flexibility index (Phi) is 3.57. The number of fused-ring (bicyclic) bond motifs is 1. The molecule has 0 saturated carbocycles. The van der Waals surface area contributed by atoms with Gasteiger partial charge in [0.05, 0.1) is 10.7 Å². The lowest BCUT2D eigenvalue weighted by molar-refractivity contribution is 0.201. The van der Waals surface area contributed by atoms with Crippen LogP contribution in [-0.2, 0) is 0 Å². The standard InChI is InChI=1S/C13H11N3O3/c1-2-3-4-7-16(13(18)19)9-5-6-10-11(8-9)15-12(17)14-10/h1,5-6,8H,3-4,7H2,(H,18,19). The van der Waals surface area contributed by atoms with Gasteiger partial charge < -0.3 is 5.11 Å². The number of terminal acetylenes is 1. The lowest BCUT2D eigenvalue weighted by Crippen LogP contribution is -2.32. The van der Waals surface area contributed by atoms with Gasteiger partial charge in [0.2, 0.25) is 0 Å². The van der Waals surface area contributed by atoms with Crippen molar-refractivity contribution >= 4 is 17.8 Å². The summed E-state index contributed by atoms with van der Waals surface area (Å²) in [5.74, 6) is 2.46. The summed E-state index contributed by atoms with van der Waals surface area (Å²) in [4.78, 5) is 30.8. The number of hydrogen-bond acceptors (Lipinski definition) is 2. The fourth-order valence-electron chi connectivity index (χ4n) is 1.77. The van der Waals surface area contributed by atoms with E-state index in [0.717, 1.165) is 0 Å². The molecule has 0 fully saturated rings. The first-order valence-electron chi connectivity index (χ1n) is 5.67. The van der Waals surface area contributed by atoms with Gasteiger partial charge in [-0.2, -0.15) is 9.98 Å². The van der Waals surface area contributed by atoms with Crippen LogP contribution < -0.4 is 15.6 Å². The summed E-state index contributed by atoms with van der Waals surface area (Å²) in [6, 6.07) is 4.14. The SMILES string of the molecule is C#CCCCN(C(=O)O)c1ccc2c(c1)=NC(=O)N=2. The molecule has 0 unspecified atom stereocenters. The van der Waals surface area contributed by atoms with Gasteiger partial charge in [0, 0.05) is 18.7 Å². The molecule has 2 rings (SSSR count). The molecular weight excluding hydrogens is 246 g/mol. The van der Waals surface area contributed by atoms with Crippen LogP contribution in [0.25, 0.3) is 0 Å². The summed E-state index contributed by atoms with van der Waals surface area (Å²) < 4.78 is 0. The molecule has 1 N–H and O–H groups in total. The first-order chi connectivity index (χ1) is 9.11. The topological polar surface area (TPSA) is 82.3 Å². The van der Waals surface area contributed by atoms with Crippen LogP contribution in [0.1, 0.15) is 12.8 Å². The van der Waals surface area contributed by atoms with Crippen molar-refractivity contribution in [3.63, 3.8) is 0 Å². The van der Waals surface area contributed by atoms with Crippen LogP contribution in [0.15, 0.2) is 28.2 Å². The molecule has 0 aliphatic carbocycles. The summed E-state index contributed by atoms with van der Waals surface area (Å²) in [6.45, 7) is 0.295. The molecule has 0 radical (unpaired) electrons. The van der Waals surface area contributed by atoms with Crippen molar-refractivity contribution in [2.45, 2.75) is 12.8 Å². The summed E-state index contributed by atoms with van der Waals surface area (Å²) in [5.41, 5.74) is 0.455. The molecular formula is C13H11N3O3. The van der Waals surface area contributed by atoms with Crippen LogP contribution in [-0.4, -0.2) is 23.8 Å². The molecule has 0 saturated heterocycles. The van der Waals surface area contributed by atoms with E-state index in [1.807, 2.05) is 0 Å². The number of amides is 3. The molecule has 6 nitrogen and oxygen atoms in total. The number of anilines is 1. The third-order valence-electron chi connectivity index (χ3n) is 2.64. The van der Waals surface area contributed by atoms with E-state index >= 15 is 0 Å². The van der Waals surface area contributed by atoms with Crippen LogP contribution in [0, 0.1) is 12.3 Å². The number of carbonyl (C=O) groups excluding carboxylic acids is 1. The first kappa shape index (κ1) is 12.8. The fraction of sp³-hybridized carbons (Fsp3) is 0.231. The van der Waals surface area contributed by atoms with Gasteiger partial charge in [0.15, 0.2) is 0 Å². The number of unbranched alkanes of at least 4 members (excludes halogenated alkanes) is 1. The minimum atomic E-state index is -1.07. The molecule has 6 heteroatoms. The number of rotatable bonds is 4. The quantitative estimate of drug-likeness (QED) is 0.644. The van der Waals surface area contributed by atoms with E-state index in [0.29, 0.717) is 35.8 Å². The van der Waals surface area contributed by atoms with Crippen molar-refractivity contribution < 1.29 is 14.7 Å². The third kappa shape index (κ3) is 2.77. The van der Waals surface area contributed by atoms with E-state index in [4.69, 9.17) is 6.42 Å². The highest BCUT2D eigenvalue weighted by molar-refractivity contribution is 5.86. The van der Waals surface area contributed by atoms with Crippen LogP contribution in [0.5, 0.6) is 0 Å². The second-order valence-electron chi connectivity index (χ2n) is 3.92. The van der Waals surface area contributed by atoms with E-state index in [1.54, 1.807) is 12.1 Å². The molecule has 1 aromatic carbocycles. The van der Waals surface area contributed by atoms with Crippen molar-refractivity contribution in [3.05, 3.63) is 28.9 Å². The highest BCUT2D eigenvalue weighted by atomic mass is 16.4. The van der Waals surface area contributed by atoms with Crippen molar-refractivity contribution in [2.75, 3.05) is 11.4 Å². The molecule has 1 aromatic rings. The number of nitrogens with zero attached hydrogens (tertiary/aromatic N) is 3.